The van der Waals surface area contributed by atoms with E-state index in [1.807, 2.05) is 38.4 Å². The van der Waals surface area contributed by atoms with Crippen LogP contribution >= 0.6 is 11.8 Å². The molecule has 2 aromatic heterocycles. The van der Waals surface area contributed by atoms with Gasteiger partial charge in [0, 0.05) is 43.6 Å². The molecule has 0 aromatic carbocycles. The first-order valence-electron chi connectivity index (χ1n) is 10.4. The van der Waals surface area contributed by atoms with Gasteiger partial charge in [0.05, 0.1) is 12.2 Å². The van der Waals surface area contributed by atoms with Crippen molar-refractivity contribution in [2.75, 3.05) is 24.2 Å². The predicted octanol–water partition coefficient (Wildman–Crippen LogP) is 3.07. The van der Waals surface area contributed by atoms with E-state index in [4.69, 9.17) is 4.74 Å². The minimum absolute atomic E-state index is 0.0163. The Hall–Kier alpha value is -2.19. The Morgan fingerprint density at radius 2 is 1.87 bits per heavy atom. The average molecular weight is 430 g/mol. The summed E-state index contributed by atoms with van der Waals surface area (Å²) in [5.74, 6) is 0.967. The number of rotatable bonds is 7. The van der Waals surface area contributed by atoms with Crippen molar-refractivity contribution >= 4 is 23.5 Å². The minimum Gasteiger partial charge on any atom is -0.372 e. The van der Waals surface area contributed by atoms with Gasteiger partial charge < -0.3 is 15.0 Å². The van der Waals surface area contributed by atoms with Gasteiger partial charge in [-0.05, 0) is 57.6 Å². The summed E-state index contributed by atoms with van der Waals surface area (Å²) < 4.78 is 5.78. The van der Waals surface area contributed by atoms with Gasteiger partial charge in [-0.1, -0.05) is 17.8 Å². The highest BCUT2D eigenvalue weighted by molar-refractivity contribution is 7.98. The molecule has 2 atom stereocenters. The van der Waals surface area contributed by atoms with Gasteiger partial charge in [0.2, 0.25) is 5.91 Å². The SMILES string of the molecule is CSc1nc(C)c(CCC(=O)NCc2ccc(N3CC(C)OC(C)C3)nc2)c(C)n1. The van der Waals surface area contributed by atoms with Gasteiger partial charge in [0.15, 0.2) is 5.16 Å². The number of hydrogen-bond donors (Lipinski definition) is 1. The largest absolute Gasteiger partial charge is 0.372 e. The summed E-state index contributed by atoms with van der Waals surface area (Å²) in [5.41, 5.74) is 3.95. The monoisotopic (exact) mass is 429 g/mol. The maximum Gasteiger partial charge on any atom is 0.220 e. The molecule has 1 amide bonds. The number of hydrogen-bond acceptors (Lipinski definition) is 7. The standard InChI is InChI=1S/C22H31N5O2S/c1-14-12-27(13-15(2)29-14)20-8-6-18(10-23-20)11-24-21(28)9-7-19-16(3)25-22(30-5)26-17(19)4/h6,8,10,14-15H,7,9,11-13H2,1-5H3,(H,24,28). The lowest BCUT2D eigenvalue weighted by atomic mass is 10.1. The van der Waals surface area contributed by atoms with Crippen LogP contribution in [0, 0.1) is 13.8 Å². The molecule has 1 aliphatic rings. The lowest BCUT2D eigenvalue weighted by molar-refractivity contribution is -0.121. The molecule has 1 fully saturated rings. The molecule has 1 aliphatic heterocycles. The number of amides is 1. The van der Waals surface area contributed by atoms with E-state index in [0.717, 1.165) is 46.6 Å². The molecule has 3 heterocycles. The first-order valence-corrected chi connectivity index (χ1v) is 11.6. The molecule has 0 bridgehead atoms. The molecule has 8 heteroatoms. The summed E-state index contributed by atoms with van der Waals surface area (Å²) in [4.78, 5) is 28.1. The van der Waals surface area contributed by atoms with Crippen molar-refractivity contribution < 1.29 is 9.53 Å². The summed E-state index contributed by atoms with van der Waals surface area (Å²) in [7, 11) is 0. The average Bonchev–Trinajstić information content (AvgIpc) is 2.71. The lowest BCUT2D eigenvalue weighted by Gasteiger charge is -2.36. The lowest BCUT2D eigenvalue weighted by Crippen LogP contribution is -2.45. The third-order valence-corrected chi connectivity index (χ3v) is 5.77. The third kappa shape index (κ3) is 5.92. The number of aromatic nitrogens is 3. The third-order valence-electron chi connectivity index (χ3n) is 5.23. The van der Waals surface area contributed by atoms with Crippen molar-refractivity contribution in [2.45, 2.75) is 64.4 Å². The molecule has 2 aromatic rings. The summed E-state index contributed by atoms with van der Waals surface area (Å²) in [6.07, 6.45) is 5.25. The van der Waals surface area contributed by atoms with E-state index in [-0.39, 0.29) is 18.1 Å². The van der Waals surface area contributed by atoms with Crippen LogP contribution in [0.3, 0.4) is 0 Å². The van der Waals surface area contributed by atoms with Crippen molar-refractivity contribution in [3.8, 4) is 0 Å². The van der Waals surface area contributed by atoms with E-state index in [9.17, 15) is 4.79 Å². The second kappa shape index (κ2) is 10.2. The van der Waals surface area contributed by atoms with Crippen LogP contribution in [0.15, 0.2) is 23.5 Å². The van der Waals surface area contributed by atoms with E-state index in [0.29, 0.717) is 19.4 Å². The van der Waals surface area contributed by atoms with E-state index in [2.05, 4.69) is 39.0 Å². The highest BCUT2D eigenvalue weighted by Gasteiger charge is 2.23. The fourth-order valence-corrected chi connectivity index (χ4v) is 4.22. The smallest absolute Gasteiger partial charge is 0.220 e. The van der Waals surface area contributed by atoms with Gasteiger partial charge in [0.25, 0.3) is 0 Å². The molecule has 0 saturated carbocycles. The van der Waals surface area contributed by atoms with E-state index < -0.39 is 0 Å². The quantitative estimate of drug-likeness (QED) is 0.535. The number of thioether (sulfide) groups is 1. The molecule has 1 N–H and O–H groups in total. The second-order valence-corrected chi connectivity index (χ2v) is 8.60. The van der Waals surface area contributed by atoms with Crippen LogP contribution in [0.1, 0.15) is 42.8 Å². The Kier molecular flexibility index (Phi) is 7.66. The first kappa shape index (κ1) is 22.5. The van der Waals surface area contributed by atoms with Crippen LogP contribution in [0.25, 0.3) is 0 Å². The van der Waals surface area contributed by atoms with Gasteiger partial charge in [-0.3, -0.25) is 4.79 Å². The number of ether oxygens (including phenoxy) is 1. The van der Waals surface area contributed by atoms with Crippen molar-refractivity contribution in [3.63, 3.8) is 0 Å². The predicted molar refractivity (Wildman–Crippen MR) is 120 cm³/mol. The molecule has 3 rings (SSSR count). The van der Waals surface area contributed by atoms with Crippen molar-refractivity contribution in [1.82, 2.24) is 20.3 Å². The van der Waals surface area contributed by atoms with E-state index in [1.54, 1.807) is 0 Å². The van der Waals surface area contributed by atoms with E-state index >= 15 is 0 Å². The Morgan fingerprint density at radius 3 is 2.43 bits per heavy atom. The Morgan fingerprint density at radius 1 is 1.20 bits per heavy atom. The van der Waals surface area contributed by atoms with Crippen LogP contribution in [0.2, 0.25) is 0 Å². The van der Waals surface area contributed by atoms with Crippen LogP contribution < -0.4 is 10.2 Å². The van der Waals surface area contributed by atoms with Crippen LogP contribution in [-0.4, -0.2) is 52.4 Å². The fourth-order valence-electron chi connectivity index (χ4n) is 3.76. The molecule has 2 unspecified atom stereocenters. The molecule has 0 aliphatic carbocycles. The number of nitrogens with zero attached hydrogens (tertiary/aromatic N) is 4. The van der Waals surface area contributed by atoms with Crippen LogP contribution in [0.4, 0.5) is 5.82 Å². The number of morpholine rings is 1. The van der Waals surface area contributed by atoms with Crippen LogP contribution in [-0.2, 0) is 22.5 Å². The van der Waals surface area contributed by atoms with Crippen LogP contribution in [0.5, 0.6) is 0 Å². The zero-order chi connectivity index (χ0) is 21.7. The van der Waals surface area contributed by atoms with Gasteiger partial charge in [0.1, 0.15) is 5.82 Å². The number of anilines is 1. The Balaban J connectivity index is 1.49. The number of aryl methyl sites for hydroxylation is 2. The molecular weight excluding hydrogens is 398 g/mol. The molecule has 162 valence electrons. The summed E-state index contributed by atoms with van der Waals surface area (Å²) in [6, 6.07) is 4.04. The summed E-state index contributed by atoms with van der Waals surface area (Å²) >= 11 is 1.53. The number of carbonyl (C=O) groups is 1. The molecule has 0 radical (unpaired) electrons. The molecule has 1 saturated heterocycles. The van der Waals surface area contributed by atoms with Gasteiger partial charge in [-0.15, -0.1) is 0 Å². The normalized spacial score (nSPS) is 19.0. The Bertz CT molecular complexity index is 841. The highest BCUT2D eigenvalue weighted by atomic mass is 32.2. The molecule has 30 heavy (non-hydrogen) atoms. The first-order chi connectivity index (χ1) is 14.4. The Labute approximate surface area is 183 Å². The number of nitrogens with one attached hydrogen (secondary N) is 1. The topological polar surface area (TPSA) is 80.2 Å². The zero-order valence-electron chi connectivity index (χ0n) is 18.4. The zero-order valence-corrected chi connectivity index (χ0v) is 19.3. The maximum atomic E-state index is 12.3. The molecular formula is C22H31N5O2S. The minimum atomic E-state index is 0.0163. The molecule has 0 spiro atoms. The van der Waals surface area contributed by atoms with Crippen molar-refractivity contribution in [3.05, 3.63) is 40.8 Å². The summed E-state index contributed by atoms with van der Waals surface area (Å²) in [5, 5.41) is 3.76. The number of pyridine rings is 1. The van der Waals surface area contributed by atoms with Gasteiger partial charge in [-0.2, -0.15) is 0 Å². The molecule has 7 nitrogen and oxygen atoms in total. The van der Waals surface area contributed by atoms with Gasteiger partial charge >= 0.3 is 0 Å². The fraction of sp³-hybridized carbons (Fsp3) is 0.545. The van der Waals surface area contributed by atoms with E-state index in [1.165, 1.54) is 11.8 Å². The van der Waals surface area contributed by atoms with Crippen molar-refractivity contribution in [1.29, 1.82) is 0 Å². The second-order valence-electron chi connectivity index (χ2n) is 7.82. The highest BCUT2D eigenvalue weighted by Crippen LogP contribution is 2.19. The number of carbonyl (C=O) groups excluding carboxylic acids is 1. The van der Waals surface area contributed by atoms with Gasteiger partial charge in [-0.25, -0.2) is 15.0 Å². The summed E-state index contributed by atoms with van der Waals surface area (Å²) in [6.45, 7) is 10.3. The maximum absolute atomic E-state index is 12.3. The van der Waals surface area contributed by atoms with Crippen molar-refractivity contribution in [2.24, 2.45) is 0 Å².